The van der Waals surface area contributed by atoms with Gasteiger partial charge >= 0.3 is 6.09 Å². The Morgan fingerprint density at radius 1 is 1.09 bits per heavy atom. The minimum atomic E-state index is -0.421. The topological polar surface area (TPSA) is 50.4 Å². The van der Waals surface area contributed by atoms with Crippen LogP contribution in [0.25, 0.3) is 0 Å². The number of carbonyl (C=O) groups is 1. The number of rotatable bonds is 8. The molecule has 1 fully saturated rings. The molecule has 136 valence electrons. The molecule has 1 rings (SSSR count). The predicted molar refractivity (Wildman–Crippen MR) is 96.8 cm³/mol. The lowest BCUT2D eigenvalue weighted by Crippen LogP contribution is -2.45. The van der Waals surface area contributed by atoms with Crippen LogP contribution in [0.3, 0.4) is 0 Å². The number of hydrogen-bond donors (Lipinski definition) is 2. The molecule has 0 aromatic carbocycles. The highest BCUT2D eigenvalue weighted by Crippen LogP contribution is 2.20. The molecular formula is C19H38N2O2. The van der Waals surface area contributed by atoms with Gasteiger partial charge in [0.25, 0.3) is 0 Å². The first-order chi connectivity index (χ1) is 10.8. The zero-order valence-corrected chi connectivity index (χ0v) is 15.9. The highest BCUT2D eigenvalue weighted by atomic mass is 16.6. The highest BCUT2D eigenvalue weighted by Gasteiger charge is 2.25. The fourth-order valence-corrected chi connectivity index (χ4v) is 3.24. The minimum absolute atomic E-state index is 0.266. The van der Waals surface area contributed by atoms with Gasteiger partial charge in [0.2, 0.25) is 0 Å². The van der Waals surface area contributed by atoms with Crippen LogP contribution in [0.4, 0.5) is 4.79 Å². The van der Waals surface area contributed by atoms with Crippen molar-refractivity contribution in [1.29, 1.82) is 0 Å². The molecule has 1 aliphatic rings. The van der Waals surface area contributed by atoms with Gasteiger partial charge in [-0.3, -0.25) is 0 Å². The van der Waals surface area contributed by atoms with Gasteiger partial charge in [0.1, 0.15) is 5.60 Å². The van der Waals surface area contributed by atoms with Gasteiger partial charge in [0.15, 0.2) is 0 Å². The number of amides is 1. The van der Waals surface area contributed by atoms with Gasteiger partial charge in [-0.05, 0) is 59.8 Å². The monoisotopic (exact) mass is 326 g/mol. The van der Waals surface area contributed by atoms with E-state index in [1.807, 2.05) is 20.8 Å². The van der Waals surface area contributed by atoms with E-state index in [0.717, 1.165) is 25.7 Å². The molecule has 0 aromatic rings. The summed E-state index contributed by atoms with van der Waals surface area (Å²) in [4.78, 5) is 11.8. The zero-order chi connectivity index (χ0) is 17.3. The number of hydrogen-bond acceptors (Lipinski definition) is 3. The van der Waals surface area contributed by atoms with Crippen molar-refractivity contribution in [3.8, 4) is 0 Å². The lowest BCUT2D eigenvalue weighted by molar-refractivity contribution is 0.0489. The van der Waals surface area contributed by atoms with Crippen molar-refractivity contribution in [3.05, 3.63) is 0 Å². The summed E-state index contributed by atoms with van der Waals surface area (Å²) >= 11 is 0. The van der Waals surface area contributed by atoms with Crippen LogP contribution in [-0.2, 0) is 4.74 Å². The molecule has 0 bridgehead atoms. The largest absolute Gasteiger partial charge is 0.444 e. The summed E-state index contributed by atoms with van der Waals surface area (Å²) in [6.07, 6.45) is 10.7. The molecule has 4 heteroatoms. The smallest absolute Gasteiger partial charge is 0.407 e. The Kier molecular flexibility index (Phi) is 8.96. The van der Waals surface area contributed by atoms with Gasteiger partial charge in [-0.2, -0.15) is 0 Å². The van der Waals surface area contributed by atoms with Crippen molar-refractivity contribution in [1.82, 2.24) is 10.6 Å². The van der Waals surface area contributed by atoms with Crippen LogP contribution in [0.5, 0.6) is 0 Å². The van der Waals surface area contributed by atoms with E-state index < -0.39 is 5.60 Å². The van der Waals surface area contributed by atoms with Crippen molar-refractivity contribution >= 4 is 6.09 Å². The molecule has 0 aliphatic heterocycles. The molecule has 4 nitrogen and oxygen atoms in total. The van der Waals surface area contributed by atoms with Crippen molar-refractivity contribution in [2.45, 2.75) is 116 Å². The van der Waals surface area contributed by atoms with Crippen LogP contribution in [0.15, 0.2) is 0 Å². The average Bonchev–Trinajstić information content (AvgIpc) is 2.44. The first kappa shape index (κ1) is 20.3. The second-order valence-electron chi connectivity index (χ2n) is 8.11. The van der Waals surface area contributed by atoms with Gasteiger partial charge in [-0.1, -0.05) is 32.6 Å². The summed E-state index contributed by atoms with van der Waals surface area (Å²) in [6.45, 7) is 10.3. The summed E-state index contributed by atoms with van der Waals surface area (Å²) in [5.41, 5.74) is -0.421. The third kappa shape index (κ3) is 9.85. The quantitative estimate of drug-likeness (QED) is 0.632. The maximum absolute atomic E-state index is 11.8. The predicted octanol–water partition coefficient (Wildman–Crippen LogP) is 4.77. The van der Waals surface area contributed by atoms with E-state index in [-0.39, 0.29) is 12.1 Å². The number of ether oxygens (including phenoxy) is 1. The van der Waals surface area contributed by atoms with Crippen LogP contribution in [0, 0.1) is 0 Å². The van der Waals surface area contributed by atoms with Crippen molar-refractivity contribution < 1.29 is 9.53 Å². The summed E-state index contributed by atoms with van der Waals surface area (Å²) in [5.74, 6) is 0. The molecule has 1 atom stereocenters. The van der Waals surface area contributed by atoms with E-state index in [9.17, 15) is 4.79 Å². The molecule has 0 saturated heterocycles. The van der Waals surface area contributed by atoms with E-state index in [0.29, 0.717) is 12.1 Å². The van der Waals surface area contributed by atoms with Gasteiger partial charge < -0.3 is 15.4 Å². The van der Waals surface area contributed by atoms with Crippen molar-refractivity contribution in [2.24, 2.45) is 0 Å². The molecule has 0 heterocycles. The molecule has 0 spiro atoms. The third-order valence-electron chi connectivity index (χ3n) is 4.46. The lowest BCUT2D eigenvalue weighted by Gasteiger charge is -2.32. The van der Waals surface area contributed by atoms with Crippen molar-refractivity contribution in [2.75, 3.05) is 0 Å². The van der Waals surface area contributed by atoms with Gasteiger partial charge in [-0.25, -0.2) is 4.79 Å². The molecule has 1 aliphatic carbocycles. The number of carbonyl (C=O) groups excluding carboxylic acids is 1. The zero-order valence-electron chi connectivity index (χ0n) is 15.9. The average molecular weight is 327 g/mol. The summed E-state index contributed by atoms with van der Waals surface area (Å²) in [7, 11) is 0. The van der Waals surface area contributed by atoms with E-state index >= 15 is 0 Å². The standard InChI is InChI=1S/C19H38N2O2/c1-6-7-8-9-10-15(2)20-16-11-13-17(14-12-16)21-18(22)23-19(3,4)5/h15-17,20H,6-14H2,1-5H3,(H,21,22). The fraction of sp³-hybridized carbons (Fsp3) is 0.947. The SMILES string of the molecule is CCCCCCC(C)NC1CCC(NC(=O)OC(C)(C)C)CC1. The normalized spacial score (nSPS) is 23.3. The summed E-state index contributed by atoms with van der Waals surface area (Å²) in [6, 6.07) is 1.47. The van der Waals surface area contributed by atoms with E-state index in [4.69, 9.17) is 4.74 Å². The number of unbranched alkanes of at least 4 members (excludes halogenated alkanes) is 3. The highest BCUT2D eigenvalue weighted by molar-refractivity contribution is 5.68. The molecule has 2 N–H and O–H groups in total. The second kappa shape index (κ2) is 10.2. The third-order valence-corrected chi connectivity index (χ3v) is 4.46. The molecular weight excluding hydrogens is 288 g/mol. The van der Waals surface area contributed by atoms with E-state index in [2.05, 4.69) is 24.5 Å². The van der Waals surface area contributed by atoms with Gasteiger partial charge in [0, 0.05) is 18.1 Å². The minimum Gasteiger partial charge on any atom is -0.444 e. The van der Waals surface area contributed by atoms with Crippen molar-refractivity contribution in [3.63, 3.8) is 0 Å². The Hall–Kier alpha value is -0.770. The van der Waals surface area contributed by atoms with Gasteiger partial charge in [-0.15, -0.1) is 0 Å². The Bertz CT molecular complexity index is 331. The first-order valence-corrected chi connectivity index (χ1v) is 9.55. The Morgan fingerprint density at radius 2 is 1.70 bits per heavy atom. The number of nitrogens with one attached hydrogen (secondary N) is 2. The second-order valence-corrected chi connectivity index (χ2v) is 8.11. The van der Waals surface area contributed by atoms with Crippen LogP contribution >= 0.6 is 0 Å². The van der Waals surface area contributed by atoms with Crippen LogP contribution in [0.1, 0.15) is 92.4 Å². The lowest BCUT2D eigenvalue weighted by atomic mass is 9.90. The maximum atomic E-state index is 11.8. The molecule has 1 unspecified atom stereocenters. The first-order valence-electron chi connectivity index (χ1n) is 9.55. The summed E-state index contributed by atoms with van der Waals surface area (Å²) < 4.78 is 5.33. The van der Waals surface area contributed by atoms with Crippen LogP contribution in [0.2, 0.25) is 0 Å². The fourth-order valence-electron chi connectivity index (χ4n) is 3.24. The Labute approximate surface area is 143 Å². The van der Waals surface area contributed by atoms with E-state index in [1.54, 1.807) is 0 Å². The summed E-state index contributed by atoms with van der Waals surface area (Å²) in [5, 5.41) is 6.77. The van der Waals surface area contributed by atoms with Crippen LogP contribution < -0.4 is 10.6 Å². The van der Waals surface area contributed by atoms with E-state index in [1.165, 1.54) is 32.1 Å². The molecule has 0 aromatic heterocycles. The number of alkyl carbamates (subject to hydrolysis) is 1. The Balaban J connectivity index is 2.16. The molecule has 1 saturated carbocycles. The molecule has 23 heavy (non-hydrogen) atoms. The Morgan fingerprint density at radius 3 is 2.26 bits per heavy atom. The van der Waals surface area contributed by atoms with Gasteiger partial charge in [0.05, 0.1) is 0 Å². The molecule has 1 amide bonds. The maximum Gasteiger partial charge on any atom is 0.407 e. The molecule has 0 radical (unpaired) electrons. The van der Waals surface area contributed by atoms with Crippen LogP contribution in [-0.4, -0.2) is 29.8 Å².